The molecule has 0 aromatic rings. The third-order valence-corrected chi connectivity index (χ3v) is 4.74. The van der Waals surface area contributed by atoms with Crippen LogP contribution in [0, 0.1) is 0 Å². The summed E-state index contributed by atoms with van der Waals surface area (Å²) in [6, 6.07) is -0.171. The van der Waals surface area contributed by atoms with E-state index in [1.54, 1.807) is 0 Å². The Morgan fingerprint density at radius 1 is 1.09 bits per heavy atom. The summed E-state index contributed by atoms with van der Waals surface area (Å²) >= 11 is 0. The van der Waals surface area contributed by atoms with Crippen molar-refractivity contribution >= 4 is 11.9 Å². The third-order valence-electron chi connectivity index (χ3n) is 4.74. The number of likely N-dealkylation sites (tertiary alicyclic amines) is 1. The van der Waals surface area contributed by atoms with Crippen LogP contribution in [0.5, 0.6) is 0 Å². The van der Waals surface area contributed by atoms with Crippen molar-refractivity contribution in [2.75, 3.05) is 26.8 Å². The zero-order valence-electron chi connectivity index (χ0n) is 14.1. The topological polar surface area (TPSA) is 96.7 Å². The van der Waals surface area contributed by atoms with E-state index in [1.807, 2.05) is 4.90 Å². The number of nitrogens with one attached hydrogen (secondary N) is 2. The van der Waals surface area contributed by atoms with E-state index in [-0.39, 0.29) is 24.6 Å². The average Bonchev–Trinajstić information content (AvgIpc) is 2.56. The van der Waals surface area contributed by atoms with Crippen molar-refractivity contribution in [3.05, 3.63) is 0 Å². The van der Waals surface area contributed by atoms with E-state index >= 15 is 0 Å². The first-order chi connectivity index (χ1) is 11.1. The molecule has 4 N–H and O–H groups in total. The van der Waals surface area contributed by atoms with Crippen LogP contribution in [0.3, 0.4) is 0 Å². The minimum atomic E-state index is -0.632. The van der Waals surface area contributed by atoms with Crippen LogP contribution in [0.1, 0.15) is 44.9 Å². The van der Waals surface area contributed by atoms with Crippen LogP contribution in [0.4, 0.5) is 4.79 Å². The highest BCUT2D eigenvalue weighted by molar-refractivity contribution is 5.82. The molecule has 2 rings (SSSR count). The summed E-state index contributed by atoms with van der Waals surface area (Å²) in [5.41, 5.74) is 5.71. The number of carbonyl (C=O) groups is 2. The molecule has 1 saturated carbocycles. The molecule has 132 valence electrons. The second-order valence-electron chi connectivity index (χ2n) is 6.62. The lowest BCUT2D eigenvalue weighted by molar-refractivity contribution is -0.124. The Labute approximate surface area is 138 Å². The number of nitrogens with two attached hydrogens (primary N) is 1. The molecule has 23 heavy (non-hydrogen) atoms. The third kappa shape index (κ3) is 5.66. The van der Waals surface area contributed by atoms with E-state index < -0.39 is 6.04 Å². The van der Waals surface area contributed by atoms with E-state index in [1.165, 1.54) is 26.4 Å². The number of carbonyl (C=O) groups excluding carboxylic acids is 2. The van der Waals surface area contributed by atoms with Crippen LogP contribution >= 0.6 is 0 Å². The van der Waals surface area contributed by atoms with Gasteiger partial charge in [-0.05, 0) is 25.7 Å². The van der Waals surface area contributed by atoms with Crippen molar-refractivity contribution < 1.29 is 14.3 Å². The van der Waals surface area contributed by atoms with Crippen molar-refractivity contribution in [1.82, 2.24) is 15.5 Å². The molecule has 0 aromatic carbocycles. The number of piperidine rings is 1. The number of hydrogen-bond donors (Lipinski definition) is 3. The molecular formula is C16H30N4O3. The lowest BCUT2D eigenvalue weighted by atomic mass is 9.95. The predicted molar refractivity (Wildman–Crippen MR) is 88.0 cm³/mol. The summed E-state index contributed by atoms with van der Waals surface area (Å²) in [4.78, 5) is 26.0. The highest BCUT2D eigenvalue weighted by Gasteiger charge is 2.26. The van der Waals surface area contributed by atoms with Crippen molar-refractivity contribution in [2.45, 2.75) is 63.1 Å². The Balaban J connectivity index is 1.68. The van der Waals surface area contributed by atoms with Gasteiger partial charge in [-0.1, -0.05) is 19.3 Å². The monoisotopic (exact) mass is 326 g/mol. The molecule has 2 fully saturated rings. The van der Waals surface area contributed by atoms with Crippen LogP contribution in [0.2, 0.25) is 0 Å². The Morgan fingerprint density at radius 3 is 2.30 bits per heavy atom. The first kappa shape index (κ1) is 18.0. The maximum Gasteiger partial charge on any atom is 0.317 e. The van der Waals surface area contributed by atoms with E-state index in [0.29, 0.717) is 19.1 Å². The molecular weight excluding hydrogens is 296 g/mol. The van der Waals surface area contributed by atoms with Gasteiger partial charge in [-0.3, -0.25) is 4.79 Å². The minimum absolute atomic E-state index is 0.0396. The Hall–Kier alpha value is -1.34. The first-order valence-corrected chi connectivity index (χ1v) is 8.70. The van der Waals surface area contributed by atoms with Crippen LogP contribution in [0.15, 0.2) is 0 Å². The van der Waals surface area contributed by atoms with Crippen molar-refractivity contribution in [3.63, 3.8) is 0 Å². The van der Waals surface area contributed by atoms with Crippen LogP contribution in [0.25, 0.3) is 0 Å². The molecule has 3 amide bonds. The minimum Gasteiger partial charge on any atom is -0.383 e. The summed E-state index contributed by atoms with van der Waals surface area (Å²) in [5, 5.41) is 6.08. The van der Waals surface area contributed by atoms with Crippen molar-refractivity contribution in [1.29, 1.82) is 0 Å². The SMILES string of the molecule is COCC(N)C(=O)NC1CCN(C(=O)NC2CCCCC2)CC1. The normalized spacial score (nSPS) is 21.7. The number of nitrogens with zero attached hydrogens (tertiary/aromatic N) is 1. The van der Waals surface area contributed by atoms with E-state index in [9.17, 15) is 9.59 Å². The molecule has 2 aliphatic rings. The van der Waals surface area contributed by atoms with Crippen molar-refractivity contribution in [3.8, 4) is 0 Å². The van der Waals surface area contributed by atoms with Gasteiger partial charge in [0, 0.05) is 32.3 Å². The zero-order valence-corrected chi connectivity index (χ0v) is 14.1. The van der Waals surface area contributed by atoms with E-state index in [2.05, 4.69) is 10.6 Å². The summed E-state index contributed by atoms with van der Waals surface area (Å²) in [6.07, 6.45) is 7.42. The molecule has 0 aromatic heterocycles. The number of hydrogen-bond acceptors (Lipinski definition) is 4. The molecule has 1 aliphatic heterocycles. The fourth-order valence-corrected chi connectivity index (χ4v) is 3.30. The van der Waals surface area contributed by atoms with Gasteiger partial charge >= 0.3 is 6.03 Å². The number of rotatable bonds is 5. The smallest absolute Gasteiger partial charge is 0.317 e. The molecule has 1 unspecified atom stereocenters. The quantitative estimate of drug-likeness (QED) is 0.688. The molecule has 0 bridgehead atoms. The lowest BCUT2D eigenvalue weighted by Gasteiger charge is -2.34. The summed E-state index contributed by atoms with van der Waals surface area (Å²) in [6.45, 7) is 1.56. The second-order valence-corrected chi connectivity index (χ2v) is 6.62. The predicted octanol–water partition coefficient (Wildman–Crippen LogP) is 0.583. The highest BCUT2D eigenvalue weighted by Crippen LogP contribution is 2.18. The van der Waals surface area contributed by atoms with Crippen LogP contribution in [-0.2, 0) is 9.53 Å². The zero-order chi connectivity index (χ0) is 16.7. The molecule has 7 heteroatoms. The molecule has 1 saturated heterocycles. The maximum atomic E-state index is 12.3. The van der Waals surface area contributed by atoms with Gasteiger partial charge in [0.2, 0.25) is 5.91 Å². The second kappa shape index (κ2) is 9.08. The average molecular weight is 326 g/mol. The largest absolute Gasteiger partial charge is 0.383 e. The summed E-state index contributed by atoms with van der Waals surface area (Å²) < 4.78 is 4.89. The molecule has 0 spiro atoms. The van der Waals surface area contributed by atoms with E-state index in [4.69, 9.17) is 10.5 Å². The van der Waals surface area contributed by atoms with Crippen molar-refractivity contribution in [2.24, 2.45) is 5.73 Å². The van der Waals surface area contributed by atoms with Gasteiger partial charge in [0.05, 0.1) is 6.61 Å². The molecule has 1 atom stereocenters. The summed E-state index contributed by atoms with van der Waals surface area (Å²) in [5.74, 6) is -0.183. The molecule has 7 nitrogen and oxygen atoms in total. The number of ether oxygens (including phenoxy) is 1. The Morgan fingerprint density at radius 2 is 1.70 bits per heavy atom. The van der Waals surface area contributed by atoms with Gasteiger partial charge < -0.3 is 26.0 Å². The molecule has 0 radical (unpaired) electrons. The van der Waals surface area contributed by atoms with E-state index in [0.717, 1.165) is 25.7 Å². The van der Waals surface area contributed by atoms with Gasteiger partial charge in [0.15, 0.2) is 0 Å². The van der Waals surface area contributed by atoms with Gasteiger partial charge in [-0.2, -0.15) is 0 Å². The summed E-state index contributed by atoms with van der Waals surface area (Å²) in [7, 11) is 1.52. The van der Waals surface area contributed by atoms with Gasteiger partial charge in [-0.25, -0.2) is 4.79 Å². The fourth-order valence-electron chi connectivity index (χ4n) is 3.30. The standard InChI is InChI=1S/C16H30N4O3/c1-23-11-14(17)15(21)18-13-7-9-20(10-8-13)16(22)19-12-5-3-2-4-6-12/h12-14H,2-11,17H2,1H3,(H,18,21)(H,19,22). The van der Waals surface area contributed by atoms with Crippen LogP contribution in [-0.4, -0.2) is 61.8 Å². The first-order valence-electron chi connectivity index (χ1n) is 8.70. The number of amides is 3. The Bertz CT molecular complexity index is 391. The van der Waals surface area contributed by atoms with Gasteiger partial charge in [0.1, 0.15) is 6.04 Å². The maximum absolute atomic E-state index is 12.3. The van der Waals surface area contributed by atoms with Gasteiger partial charge in [0.25, 0.3) is 0 Å². The number of urea groups is 1. The van der Waals surface area contributed by atoms with Gasteiger partial charge in [-0.15, -0.1) is 0 Å². The lowest BCUT2D eigenvalue weighted by Crippen LogP contribution is -2.53. The Kier molecular flexibility index (Phi) is 7.11. The highest BCUT2D eigenvalue weighted by atomic mass is 16.5. The molecule has 1 heterocycles. The number of methoxy groups -OCH3 is 1. The van der Waals surface area contributed by atoms with Crippen LogP contribution < -0.4 is 16.4 Å². The molecule has 1 aliphatic carbocycles. The fraction of sp³-hybridized carbons (Fsp3) is 0.875.